The molecule has 1 unspecified atom stereocenters. The van der Waals surface area contributed by atoms with E-state index in [1.807, 2.05) is 0 Å². The normalized spacial score (nSPS) is 19.0. The van der Waals surface area contributed by atoms with Crippen molar-refractivity contribution in [3.63, 3.8) is 0 Å². The Bertz CT molecular complexity index is 1990. The van der Waals surface area contributed by atoms with E-state index in [0.717, 1.165) is 43.7 Å². The molecular weight excluding hydrogens is 602 g/mol. The van der Waals surface area contributed by atoms with Gasteiger partial charge in [0.2, 0.25) is 0 Å². The average molecular weight is 656 g/mol. The number of allylic oxidation sites excluding steroid dienone is 14. The fourth-order valence-corrected chi connectivity index (χ4v) is 7.32. The molecule has 0 spiro atoms. The van der Waals surface area contributed by atoms with Crippen molar-refractivity contribution in [1.82, 2.24) is 4.57 Å². The van der Waals surface area contributed by atoms with Gasteiger partial charge in [0.15, 0.2) is 0 Å². The molecule has 0 radical (unpaired) electrons. The maximum absolute atomic E-state index is 7.31. The van der Waals surface area contributed by atoms with E-state index >= 15 is 0 Å². The summed E-state index contributed by atoms with van der Waals surface area (Å²) >= 11 is 7.31. The van der Waals surface area contributed by atoms with Gasteiger partial charge in [-0.05, 0) is 117 Å². The van der Waals surface area contributed by atoms with E-state index in [1.165, 1.54) is 84.5 Å². The van der Waals surface area contributed by atoms with E-state index in [9.17, 15) is 0 Å². The van der Waals surface area contributed by atoms with Crippen molar-refractivity contribution in [2.75, 3.05) is 0 Å². The van der Waals surface area contributed by atoms with Crippen LogP contribution in [0.4, 0.5) is 0 Å². The second kappa shape index (κ2) is 16.5. The van der Waals surface area contributed by atoms with Crippen LogP contribution in [-0.4, -0.2) is 4.57 Å². The van der Waals surface area contributed by atoms with E-state index in [0.29, 0.717) is 5.92 Å². The largest absolute Gasteiger partial charge is 0.340 e. The standard InChI is InChI=1S/C46H54ClN/c1-8-10-16-37-40(25-21-32(3)4)38-17-12-13-18-39(38)41(37)26-23-35-30-34(7)31-36(46(35)47)24-28-45-43-20-15-14-19-42(43)44(27-22-33(5)6)48(45)29-11-9-2/h12-15,17-28,34H,8-11,16,29-31H2,1-7H3/b26-23+,36-24+,40-25?,44-27+,45-28+. The van der Waals surface area contributed by atoms with Crippen LogP contribution in [0.1, 0.15) is 105 Å². The molecule has 1 atom stereocenters. The van der Waals surface area contributed by atoms with Crippen molar-refractivity contribution in [2.24, 2.45) is 5.92 Å². The van der Waals surface area contributed by atoms with Crippen LogP contribution >= 0.6 is 11.6 Å². The van der Waals surface area contributed by atoms with Gasteiger partial charge in [-0.15, -0.1) is 0 Å². The molecule has 3 aromatic rings. The summed E-state index contributed by atoms with van der Waals surface area (Å²) in [5.41, 5.74) is 11.9. The van der Waals surface area contributed by atoms with Crippen LogP contribution in [0.25, 0.3) is 34.1 Å². The number of aromatic nitrogens is 1. The molecule has 250 valence electrons. The van der Waals surface area contributed by atoms with Gasteiger partial charge in [-0.25, -0.2) is 0 Å². The van der Waals surface area contributed by atoms with Crippen molar-refractivity contribution in [3.8, 4) is 0 Å². The first kappa shape index (κ1) is 35.5. The predicted octanol–water partition coefficient (Wildman–Crippen LogP) is 12.4. The Morgan fingerprint density at radius 2 is 1.38 bits per heavy atom. The Hall–Kier alpha value is -3.81. The molecule has 48 heavy (non-hydrogen) atoms. The van der Waals surface area contributed by atoms with Gasteiger partial charge in [-0.1, -0.05) is 141 Å². The van der Waals surface area contributed by atoms with Crippen molar-refractivity contribution in [1.29, 1.82) is 0 Å². The first-order valence-corrected chi connectivity index (χ1v) is 18.5. The Morgan fingerprint density at radius 1 is 0.750 bits per heavy atom. The van der Waals surface area contributed by atoms with Gasteiger partial charge in [0.25, 0.3) is 0 Å². The second-order valence-electron chi connectivity index (χ2n) is 14.1. The quantitative estimate of drug-likeness (QED) is 0.194. The SMILES string of the molecule is CCCCC1=C(/C=C/C2=C(Cl)C(=C/C=c3\c4ccccc4/c(=C\C=C(C)C)n3CCCC)/CC(C)C2)c2ccccc2C1=CC=C(C)C. The molecule has 2 aliphatic rings. The molecule has 5 rings (SSSR count). The van der Waals surface area contributed by atoms with E-state index in [1.54, 1.807) is 0 Å². The Balaban J connectivity index is 1.62. The number of halogens is 1. The van der Waals surface area contributed by atoms with Crippen LogP contribution in [0.3, 0.4) is 0 Å². The minimum Gasteiger partial charge on any atom is -0.340 e. The highest BCUT2D eigenvalue weighted by atomic mass is 35.5. The lowest BCUT2D eigenvalue weighted by molar-refractivity contribution is 0.563. The van der Waals surface area contributed by atoms with Crippen LogP contribution in [0.15, 0.2) is 118 Å². The van der Waals surface area contributed by atoms with Crippen LogP contribution in [0.2, 0.25) is 0 Å². The number of benzene rings is 2. The summed E-state index contributed by atoms with van der Waals surface area (Å²) in [6.07, 6.45) is 26.1. The summed E-state index contributed by atoms with van der Waals surface area (Å²) in [4.78, 5) is 0. The molecule has 1 heterocycles. The first-order valence-electron chi connectivity index (χ1n) is 18.1. The fourth-order valence-electron chi connectivity index (χ4n) is 7.04. The van der Waals surface area contributed by atoms with Crippen LogP contribution < -0.4 is 10.7 Å². The topological polar surface area (TPSA) is 4.93 Å². The molecule has 0 amide bonds. The molecule has 0 saturated carbocycles. The summed E-state index contributed by atoms with van der Waals surface area (Å²) in [6, 6.07) is 17.7. The van der Waals surface area contributed by atoms with E-state index < -0.39 is 0 Å². The molecule has 2 heteroatoms. The Kier molecular flexibility index (Phi) is 12.2. The summed E-state index contributed by atoms with van der Waals surface area (Å²) in [7, 11) is 0. The van der Waals surface area contributed by atoms with Gasteiger partial charge >= 0.3 is 0 Å². The zero-order chi connectivity index (χ0) is 34.2. The first-order chi connectivity index (χ1) is 23.2. The van der Waals surface area contributed by atoms with Gasteiger partial charge in [0.1, 0.15) is 0 Å². The zero-order valence-corrected chi connectivity index (χ0v) is 31.1. The van der Waals surface area contributed by atoms with Crippen LogP contribution in [-0.2, 0) is 6.54 Å². The number of fused-ring (bicyclic) bond motifs is 2. The third kappa shape index (κ3) is 8.07. The van der Waals surface area contributed by atoms with E-state index in [4.69, 9.17) is 11.6 Å². The van der Waals surface area contributed by atoms with Gasteiger partial charge in [0, 0.05) is 33.0 Å². The van der Waals surface area contributed by atoms with Crippen LogP contribution in [0, 0.1) is 5.92 Å². The van der Waals surface area contributed by atoms with Crippen LogP contribution in [0.5, 0.6) is 0 Å². The Morgan fingerprint density at radius 3 is 2.04 bits per heavy atom. The van der Waals surface area contributed by atoms with Crippen molar-refractivity contribution in [2.45, 2.75) is 100.0 Å². The van der Waals surface area contributed by atoms with Crippen molar-refractivity contribution < 1.29 is 0 Å². The molecule has 1 nitrogen and oxygen atoms in total. The van der Waals surface area contributed by atoms with Gasteiger partial charge in [-0.2, -0.15) is 0 Å². The maximum Gasteiger partial charge on any atom is 0.0491 e. The summed E-state index contributed by atoms with van der Waals surface area (Å²) in [5.74, 6) is 0.523. The zero-order valence-electron chi connectivity index (χ0n) is 30.3. The maximum atomic E-state index is 7.31. The number of hydrogen-bond donors (Lipinski definition) is 0. The number of nitrogens with zero attached hydrogens (tertiary/aromatic N) is 1. The number of unbranched alkanes of at least 4 members (excludes halogenated alkanes) is 2. The second-order valence-corrected chi connectivity index (χ2v) is 14.5. The molecule has 0 fully saturated rings. The summed E-state index contributed by atoms with van der Waals surface area (Å²) in [5, 5.41) is 6.07. The molecular formula is C46H54ClN. The average Bonchev–Trinajstić information content (AvgIpc) is 3.54. The third-order valence-corrected chi connectivity index (χ3v) is 9.97. The van der Waals surface area contributed by atoms with Gasteiger partial charge < -0.3 is 4.57 Å². The molecule has 2 aromatic carbocycles. The highest BCUT2D eigenvalue weighted by Gasteiger charge is 2.25. The van der Waals surface area contributed by atoms with Gasteiger partial charge in [0.05, 0.1) is 0 Å². The monoisotopic (exact) mass is 655 g/mol. The lowest BCUT2D eigenvalue weighted by Crippen LogP contribution is -2.27. The molecule has 0 aliphatic heterocycles. The number of rotatable bonds is 11. The molecule has 0 saturated heterocycles. The summed E-state index contributed by atoms with van der Waals surface area (Å²) in [6.45, 7) is 16.6. The fraction of sp³-hybridized carbons (Fsp3) is 0.348. The third-order valence-electron chi connectivity index (χ3n) is 9.49. The van der Waals surface area contributed by atoms with Crippen molar-refractivity contribution >= 4 is 45.7 Å². The molecule has 0 bridgehead atoms. The van der Waals surface area contributed by atoms with Gasteiger partial charge in [-0.3, -0.25) is 0 Å². The number of hydrogen-bond acceptors (Lipinski definition) is 0. The summed E-state index contributed by atoms with van der Waals surface area (Å²) < 4.78 is 2.51. The molecule has 1 aromatic heterocycles. The molecule has 2 aliphatic carbocycles. The lowest BCUT2D eigenvalue weighted by atomic mass is 9.86. The molecule has 0 N–H and O–H groups in total. The predicted molar refractivity (Wildman–Crippen MR) is 213 cm³/mol. The minimum atomic E-state index is 0.523. The smallest absolute Gasteiger partial charge is 0.0491 e. The van der Waals surface area contributed by atoms with E-state index in [-0.39, 0.29) is 0 Å². The highest BCUT2D eigenvalue weighted by molar-refractivity contribution is 6.32. The minimum absolute atomic E-state index is 0.523. The van der Waals surface area contributed by atoms with E-state index in [2.05, 4.69) is 150 Å². The lowest BCUT2D eigenvalue weighted by Gasteiger charge is -2.23. The Labute approximate surface area is 294 Å². The van der Waals surface area contributed by atoms with Crippen molar-refractivity contribution in [3.05, 3.63) is 140 Å². The highest BCUT2D eigenvalue weighted by Crippen LogP contribution is 2.45.